The molecular formula is C12H26N2. The van der Waals surface area contributed by atoms with Crippen LogP contribution in [0, 0.1) is 5.92 Å². The van der Waals surface area contributed by atoms with Gasteiger partial charge in [-0.25, -0.2) is 0 Å². The molecular weight excluding hydrogens is 172 g/mol. The third kappa shape index (κ3) is 3.25. The van der Waals surface area contributed by atoms with E-state index in [1.165, 1.54) is 25.7 Å². The minimum atomic E-state index is 0.0384. The first-order chi connectivity index (χ1) is 6.47. The summed E-state index contributed by atoms with van der Waals surface area (Å²) in [5.74, 6) is 0.777. The van der Waals surface area contributed by atoms with E-state index >= 15 is 0 Å². The molecule has 0 aromatic heterocycles. The third-order valence-electron chi connectivity index (χ3n) is 3.56. The standard InChI is InChI=1S/C12H26N2/c1-5-6-10(2)14(4)9-12(3,13)11-7-8-11/h10-11H,5-9,13H2,1-4H3. The van der Waals surface area contributed by atoms with E-state index in [4.69, 9.17) is 5.73 Å². The van der Waals surface area contributed by atoms with Gasteiger partial charge in [-0.3, -0.25) is 0 Å². The monoisotopic (exact) mass is 198 g/mol. The Morgan fingerprint density at radius 1 is 1.50 bits per heavy atom. The number of hydrogen-bond acceptors (Lipinski definition) is 2. The molecule has 1 aliphatic carbocycles. The van der Waals surface area contributed by atoms with Crippen LogP contribution >= 0.6 is 0 Å². The third-order valence-corrected chi connectivity index (χ3v) is 3.56. The van der Waals surface area contributed by atoms with Crippen molar-refractivity contribution < 1.29 is 0 Å². The molecule has 1 rings (SSSR count). The van der Waals surface area contributed by atoms with Crippen LogP contribution in [0.25, 0.3) is 0 Å². The Bertz CT molecular complexity index is 173. The van der Waals surface area contributed by atoms with Crippen molar-refractivity contribution in [1.29, 1.82) is 0 Å². The maximum Gasteiger partial charge on any atom is 0.0283 e. The molecule has 0 radical (unpaired) electrons. The highest BCUT2D eigenvalue weighted by Gasteiger charge is 2.39. The number of nitrogens with zero attached hydrogens (tertiary/aromatic N) is 1. The van der Waals surface area contributed by atoms with Crippen LogP contribution in [0.4, 0.5) is 0 Å². The largest absolute Gasteiger partial charge is 0.324 e. The summed E-state index contributed by atoms with van der Waals surface area (Å²) in [6, 6.07) is 0.668. The van der Waals surface area contributed by atoms with E-state index in [1.807, 2.05) is 0 Å². The highest BCUT2D eigenvalue weighted by atomic mass is 15.1. The lowest BCUT2D eigenvalue weighted by Crippen LogP contribution is -2.50. The molecule has 2 atom stereocenters. The number of rotatable bonds is 6. The van der Waals surface area contributed by atoms with Gasteiger partial charge in [0.15, 0.2) is 0 Å². The van der Waals surface area contributed by atoms with Crippen molar-refractivity contribution in [1.82, 2.24) is 4.90 Å². The second kappa shape index (κ2) is 4.63. The van der Waals surface area contributed by atoms with Crippen molar-refractivity contribution in [3.05, 3.63) is 0 Å². The van der Waals surface area contributed by atoms with E-state index in [0.29, 0.717) is 6.04 Å². The van der Waals surface area contributed by atoms with Gasteiger partial charge in [0, 0.05) is 18.1 Å². The molecule has 0 heterocycles. The molecule has 2 heteroatoms. The van der Waals surface area contributed by atoms with Crippen molar-refractivity contribution in [2.75, 3.05) is 13.6 Å². The molecule has 0 amide bonds. The van der Waals surface area contributed by atoms with Gasteiger partial charge in [-0.05, 0) is 46.1 Å². The minimum Gasteiger partial charge on any atom is -0.324 e. The molecule has 0 aliphatic heterocycles. The maximum absolute atomic E-state index is 6.32. The molecule has 1 aliphatic rings. The van der Waals surface area contributed by atoms with Gasteiger partial charge >= 0.3 is 0 Å². The minimum absolute atomic E-state index is 0.0384. The summed E-state index contributed by atoms with van der Waals surface area (Å²) < 4.78 is 0. The van der Waals surface area contributed by atoms with Crippen LogP contribution in [0.5, 0.6) is 0 Å². The molecule has 14 heavy (non-hydrogen) atoms. The molecule has 0 saturated heterocycles. The topological polar surface area (TPSA) is 29.3 Å². The lowest BCUT2D eigenvalue weighted by atomic mass is 9.96. The predicted octanol–water partition coefficient (Wildman–Crippen LogP) is 2.23. The van der Waals surface area contributed by atoms with Crippen molar-refractivity contribution in [3.8, 4) is 0 Å². The zero-order chi connectivity index (χ0) is 10.8. The summed E-state index contributed by atoms with van der Waals surface area (Å²) >= 11 is 0. The molecule has 2 unspecified atom stereocenters. The van der Waals surface area contributed by atoms with Crippen LogP contribution in [-0.4, -0.2) is 30.1 Å². The average Bonchev–Trinajstić information content (AvgIpc) is 2.85. The van der Waals surface area contributed by atoms with Gasteiger partial charge in [0.05, 0.1) is 0 Å². The Hall–Kier alpha value is -0.0800. The molecule has 0 bridgehead atoms. The van der Waals surface area contributed by atoms with Gasteiger partial charge in [-0.2, -0.15) is 0 Å². The summed E-state index contributed by atoms with van der Waals surface area (Å²) in [7, 11) is 2.20. The van der Waals surface area contributed by atoms with Crippen LogP contribution < -0.4 is 5.73 Å². The van der Waals surface area contributed by atoms with E-state index in [1.54, 1.807) is 0 Å². The van der Waals surface area contributed by atoms with Gasteiger partial charge < -0.3 is 10.6 Å². The predicted molar refractivity (Wildman–Crippen MR) is 62.3 cm³/mol. The number of likely N-dealkylation sites (N-methyl/N-ethyl adjacent to an activating group) is 1. The van der Waals surface area contributed by atoms with Crippen LogP contribution in [0.3, 0.4) is 0 Å². The van der Waals surface area contributed by atoms with Crippen molar-refractivity contribution in [2.45, 2.75) is 58.0 Å². The summed E-state index contributed by atoms with van der Waals surface area (Å²) in [5.41, 5.74) is 6.35. The second-order valence-electron chi connectivity index (χ2n) is 5.33. The molecule has 2 nitrogen and oxygen atoms in total. The first-order valence-electron chi connectivity index (χ1n) is 5.96. The maximum atomic E-state index is 6.32. The van der Waals surface area contributed by atoms with Gasteiger partial charge in [-0.15, -0.1) is 0 Å². The van der Waals surface area contributed by atoms with E-state index in [9.17, 15) is 0 Å². The molecule has 1 saturated carbocycles. The smallest absolute Gasteiger partial charge is 0.0283 e. The Labute approximate surface area is 88.8 Å². The highest BCUT2D eigenvalue weighted by molar-refractivity contribution is 4.97. The Kier molecular flexibility index (Phi) is 3.96. The Morgan fingerprint density at radius 2 is 2.07 bits per heavy atom. The Balaban J connectivity index is 2.34. The van der Waals surface area contributed by atoms with E-state index < -0.39 is 0 Å². The normalized spacial score (nSPS) is 23.6. The van der Waals surface area contributed by atoms with Crippen LogP contribution in [0.2, 0.25) is 0 Å². The summed E-state index contributed by atoms with van der Waals surface area (Å²) in [6.45, 7) is 7.79. The van der Waals surface area contributed by atoms with Crippen molar-refractivity contribution in [3.63, 3.8) is 0 Å². The van der Waals surface area contributed by atoms with Crippen LogP contribution in [0.15, 0.2) is 0 Å². The first kappa shape index (κ1) is 12.0. The second-order valence-corrected chi connectivity index (χ2v) is 5.33. The average molecular weight is 198 g/mol. The quantitative estimate of drug-likeness (QED) is 0.709. The fraction of sp³-hybridized carbons (Fsp3) is 1.00. The lowest BCUT2D eigenvalue weighted by Gasteiger charge is -2.34. The van der Waals surface area contributed by atoms with E-state index in [2.05, 4.69) is 32.7 Å². The molecule has 0 spiro atoms. The zero-order valence-electron chi connectivity index (χ0n) is 10.2. The fourth-order valence-corrected chi connectivity index (χ4v) is 2.20. The van der Waals surface area contributed by atoms with Crippen molar-refractivity contribution in [2.24, 2.45) is 11.7 Å². The van der Waals surface area contributed by atoms with E-state index in [-0.39, 0.29) is 5.54 Å². The van der Waals surface area contributed by atoms with Gasteiger partial charge in [0.1, 0.15) is 0 Å². The van der Waals surface area contributed by atoms with E-state index in [0.717, 1.165) is 12.5 Å². The molecule has 2 N–H and O–H groups in total. The summed E-state index contributed by atoms with van der Waals surface area (Å²) in [4.78, 5) is 2.42. The van der Waals surface area contributed by atoms with Gasteiger partial charge in [-0.1, -0.05) is 13.3 Å². The van der Waals surface area contributed by atoms with Crippen LogP contribution in [-0.2, 0) is 0 Å². The molecule has 84 valence electrons. The van der Waals surface area contributed by atoms with Crippen molar-refractivity contribution >= 4 is 0 Å². The zero-order valence-corrected chi connectivity index (χ0v) is 10.2. The van der Waals surface area contributed by atoms with Gasteiger partial charge in [0.25, 0.3) is 0 Å². The van der Waals surface area contributed by atoms with Gasteiger partial charge in [0.2, 0.25) is 0 Å². The summed E-state index contributed by atoms with van der Waals surface area (Å²) in [6.07, 6.45) is 5.21. The Morgan fingerprint density at radius 3 is 2.50 bits per heavy atom. The highest BCUT2D eigenvalue weighted by Crippen LogP contribution is 2.38. The number of nitrogens with two attached hydrogens (primary N) is 1. The SMILES string of the molecule is CCCC(C)N(C)CC(C)(N)C1CC1. The number of hydrogen-bond donors (Lipinski definition) is 1. The van der Waals surface area contributed by atoms with Crippen LogP contribution in [0.1, 0.15) is 46.5 Å². The first-order valence-corrected chi connectivity index (χ1v) is 5.96. The summed E-state index contributed by atoms with van der Waals surface area (Å²) in [5, 5.41) is 0. The molecule has 0 aromatic carbocycles. The lowest BCUT2D eigenvalue weighted by molar-refractivity contribution is 0.184. The molecule has 1 fully saturated rings. The molecule has 0 aromatic rings. The fourth-order valence-electron chi connectivity index (χ4n) is 2.20.